The summed E-state index contributed by atoms with van der Waals surface area (Å²) in [6.07, 6.45) is 2.09. The van der Waals surface area contributed by atoms with Crippen molar-refractivity contribution in [3.63, 3.8) is 0 Å². The van der Waals surface area contributed by atoms with E-state index in [1.165, 1.54) is 0 Å². The minimum atomic E-state index is 0.0709. The first kappa shape index (κ1) is 8.68. The standard InChI is InChI=1S/C8H15NO2/c1-2-11-6-8(10)7-4-3-5-9-7/h7,9H,2-6H2,1H3/t7-/m1/s1. The zero-order valence-corrected chi connectivity index (χ0v) is 6.93. The normalized spacial score (nSPS) is 23.9. The van der Waals surface area contributed by atoms with Crippen LogP contribution in [0.25, 0.3) is 0 Å². The molecule has 0 unspecified atom stereocenters. The molecule has 64 valence electrons. The van der Waals surface area contributed by atoms with Gasteiger partial charge in [-0.1, -0.05) is 0 Å². The Hall–Kier alpha value is -0.410. The van der Waals surface area contributed by atoms with Crippen molar-refractivity contribution in [1.82, 2.24) is 5.32 Å². The van der Waals surface area contributed by atoms with Crippen molar-refractivity contribution in [2.45, 2.75) is 25.8 Å². The Morgan fingerprint density at radius 1 is 1.73 bits per heavy atom. The molecule has 0 spiro atoms. The van der Waals surface area contributed by atoms with Gasteiger partial charge in [0, 0.05) is 6.61 Å². The summed E-state index contributed by atoms with van der Waals surface area (Å²) in [5.41, 5.74) is 0. The summed E-state index contributed by atoms with van der Waals surface area (Å²) >= 11 is 0. The van der Waals surface area contributed by atoms with Crippen LogP contribution >= 0.6 is 0 Å². The summed E-state index contributed by atoms with van der Waals surface area (Å²) < 4.78 is 5.02. The Kier molecular flexibility index (Phi) is 3.52. The number of carbonyl (C=O) groups excluding carboxylic acids is 1. The van der Waals surface area contributed by atoms with Gasteiger partial charge in [-0.25, -0.2) is 0 Å². The Labute approximate surface area is 67.1 Å². The van der Waals surface area contributed by atoms with Crippen LogP contribution in [0.3, 0.4) is 0 Å². The van der Waals surface area contributed by atoms with Gasteiger partial charge in [0.25, 0.3) is 0 Å². The Bertz CT molecular complexity index is 130. The van der Waals surface area contributed by atoms with Gasteiger partial charge in [-0.05, 0) is 26.3 Å². The van der Waals surface area contributed by atoms with Crippen molar-refractivity contribution < 1.29 is 9.53 Å². The van der Waals surface area contributed by atoms with Gasteiger partial charge in [-0.15, -0.1) is 0 Å². The number of ketones is 1. The second-order valence-electron chi connectivity index (χ2n) is 2.75. The summed E-state index contributed by atoms with van der Waals surface area (Å²) in [6, 6.07) is 0.0709. The lowest BCUT2D eigenvalue weighted by Gasteiger charge is -2.07. The molecule has 0 aliphatic carbocycles. The van der Waals surface area contributed by atoms with Crippen LogP contribution in [0.2, 0.25) is 0 Å². The van der Waals surface area contributed by atoms with E-state index in [0.29, 0.717) is 6.61 Å². The summed E-state index contributed by atoms with van der Waals surface area (Å²) in [7, 11) is 0. The molecule has 1 aliphatic rings. The third kappa shape index (κ3) is 2.60. The predicted octanol–water partition coefficient (Wildman–Crippen LogP) is 0.344. The van der Waals surface area contributed by atoms with Gasteiger partial charge in [-0.2, -0.15) is 0 Å². The third-order valence-electron chi connectivity index (χ3n) is 1.90. The molecule has 1 atom stereocenters. The van der Waals surface area contributed by atoms with Crippen molar-refractivity contribution in [2.75, 3.05) is 19.8 Å². The molecule has 0 aromatic carbocycles. The van der Waals surface area contributed by atoms with Crippen LogP contribution in [0.1, 0.15) is 19.8 Å². The van der Waals surface area contributed by atoms with E-state index in [2.05, 4.69) is 5.32 Å². The summed E-state index contributed by atoms with van der Waals surface area (Å²) in [4.78, 5) is 11.2. The molecule has 0 radical (unpaired) electrons. The van der Waals surface area contributed by atoms with Gasteiger partial charge >= 0.3 is 0 Å². The molecule has 1 aliphatic heterocycles. The van der Waals surface area contributed by atoms with Crippen molar-refractivity contribution in [1.29, 1.82) is 0 Å². The van der Waals surface area contributed by atoms with E-state index in [1.54, 1.807) is 0 Å². The zero-order valence-electron chi connectivity index (χ0n) is 6.93. The average Bonchev–Trinajstić information content (AvgIpc) is 2.52. The molecule has 3 nitrogen and oxygen atoms in total. The molecule has 3 heteroatoms. The highest BCUT2D eigenvalue weighted by Crippen LogP contribution is 2.05. The van der Waals surface area contributed by atoms with E-state index in [0.717, 1.165) is 19.4 Å². The molecule has 0 bridgehead atoms. The molecule has 1 rings (SSSR count). The van der Waals surface area contributed by atoms with Crippen LogP contribution < -0.4 is 5.32 Å². The Balaban J connectivity index is 2.17. The highest BCUT2D eigenvalue weighted by molar-refractivity contribution is 5.85. The van der Waals surface area contributed by atoms with E-state index >= 15 is 0 Å². The first-order chi connectivity index (χ1) is 5.34. The lowest BCUT2D eigenvalue weighted by atomic mass is 10.1. The fourth-order valence-corrected chi connectivity index (χ4v) is 1.26. The van der Waals surface area contributed by atoms with Crippen molar-refractivity contribution in [2.24, 2.45) is 0 Å². The Morgan fingerprint density at radius 3 is 3.09 bits per heavy atom. The SMILES string of the molecule is CCOCC(=O)[C@H]1CCCN1. The van der Waals surface area contributed by atoms with Crippen LogP contribution in [-0.2, 0) is 9.53 Å². The van der Waals surface area contributed by atoms with E-state index < -0.39 is 0 Å². The number of nitrogens with one attached hydrogen (secondary N) is 1. The maximum Gasteiger partial charge on any atom is 0.175 e. The number of hydrogen-bond donors (Lipinski definition) is 1. The minimum Gasteiger partial charge on any atom is -0.374 e. The van der Waals surface area contributed by atoms with Gasteiger partial charge in [0.2, 0.25) is 0 Å². The molecule has 11 heavy (non-hydrogen) atoms. The summed E-state index contributed by atoms with van der Waals surface area (Å²) in [5.74, 6) is 0.198. The largest absolute Gasteiger partial charge is 0.374 e. The van der Waals surface area contributed by atoms with Crippen molar-refractivity contribution >= 4 is 5.78 Å². The summed E-state index contributed by atoms with van der Waals surface area (Å²) in [5, 5.41) is 3.14. The predicted molar refractivity (Wildman–Crippen MR) is 42.5 cm³/mol. The van der Waals surface area contributed by atoms with E-state index in [1.807, 2.05) is 6.92 Å². The first-order valence-electron chi connectivity index (χ1n) is 4.18. The lowest BCUT2D eigenvalue weighted by molar-refractivity contribution is -0.125. The van der Waals surface area contributed by atoms with E-state index in [4.69, 9.17) is 4.74 Å². The van der Waals surface area contributed by atoms with Crippen molar-refractivity contribution in [3.8, 4) is 0 Å². The van der Waals surface area contributed by atoms with Crippen molar-refractivity contribution in [3.05, 3.63) is 0 Å². The molecule has 1 N–H and O–H groups in total. The highest BCUT2D eigenvalue weighted by atomic mass is 16.5. The van der Waals surface area contributed by atoms with Gasteiger partial charge in [0.15, 0.2) is 5.78 Å². The van der Waals surface area contributed by atoms with Crippen LogP contribution in [0.4, 0.5) is 0 Å². The second-order valence-corrected chi connectivity index (χ2v) is 2.75. The van der Waals surface area contributed by atoms with Gasteiger partial charge < -0.3 is 10.1 Å². The van der Waals surface area contributed by atoms with Crippen LogP contribution in [-0.4, -0.2) is 31.6 Å². The van der Waals surface area contributed by atoms with Crippen LogP contribution in [0, 0.1) is 0 Å². The fraction of sp³-hybridized carbons (Fsp3) is 0.875. The smallest absolute Gasteiger partial charge is 0.175 e. The van der Waals surface area contributed by atoms with Gasteiger partial charge in [0.1, 0.15) is 6.61 Å². The van der Waals surface area contributed by atoms with E-state index in [-0.39, 0.29) is 18.4 Å². The number of carbonyl (C=O) groups is 1. The Morgan fingerprint density at radius 2 is 2.55 bits per heavy atom. The second kappa shape index (κ2) is 4.46. The topological polar surface area (TPSA) is 38.3 Å². The molecule has 1 fully saturated rings. The van der Waals surface area contributed by atoms with Gasteiger partial charge in [-0.3, -0.25) is 4.79 Å². The first-order valence-corrected chi connectivity index (χ1v) is 4.18. The van der Waals surface area contributed by atoms with Crippen LogP contribution in [0.5, 0.6) is 0 Å². The number of rotatable bonds is 4. The molecule has 1 heterocycles. The lowest BCUT2D eigenvalue weighted by Crippen LogP contribution is -2.33. The zero-order chi connectivity index (χ0) is 8.10. The molecule has 1 saturated heterocycles. The summed E-state index contributed by atoms with van der Waals surface area (Å²) in [6.45, 7) is 3.77. The minimum absolute atomic E-state index is 0.0709. The maximum atomic E-state index is 11.2. The number of hydrogen-bond acceptors (Lipinski definition) is 3. The molecular weight excluding hydrogens is 142 g/mol. The highest BCUT2D eigenvalue weighted by Gasteiger charge is 2.21. The molecule has 0 saturated carbocycles. The third-order valence-corrected chi connectivity index (χ3v) is 1.90. The van der Waals surface area contributed by atoms with Gasteiger partial charge in [0.05, 0.1) is 6.04 Å². The quantitative estimate of drug-likeness (QED) is 0.639. The van der Waals surface area contributed by atoms with E-state index in [9.17, 15) is 4.79 Å². The molecule has 0 aromatic rings. The maximum absolute atomic E-state index is 11.2. The average molecular weight is 157 g/mol. The molecular formula is C8H15NO2. The number of Topliss-reactive ketones (excluding diaryl/α,β-unsaturated/α-hetero) is 1. The number of ether oxygens (including phenoxy) is 1. The fourth-order valence-electron chi connectivity index (χ4n) is 1.26. The molecule has 0 amide bonds. The van der Waals surface area contributed by atoms with Crippen LogP contribution in [0.15, 0.2) is 0 Å². The monoisotopic (exact) mass is 157 g/mol. The molecule has 0 aromatic heterocycles.